The second-order valence-electron chi connectivity index (χ2n) is 7.75. The van der Waals surface area contributed by atoms with Crippen LogP contribution < -0.4 is 16.2 Å². The van der Waals surface area contributed by atoms with Crippen molar-refractivity contribution in [3.63, 3.8) is 0 Å². The van der Waals surface area contributed by atoms with E-state index in [1.54, 1.807) is 32.4 Å². The van der Waals surface area contributed by atoms with Gasteiger partial charge >= 0.3 is 0 Å². The van der Waals surface area contributed by atoms with Crippen molar-refractivity contribution in [2.24, 2.45) is 10.7 Å². The molecule has 0 amide bonds. The van der Waals surface area contributed by atoms with E-state index >= 15 is 0 Å². The lowest BCUT2D eigenvalue weighted by Crippen LogP contribution is -2.47. The Morgan fingerprint density at radius 2 is 2.21 bits per heavy atom. The highest BCUT2D eigenvalue weighted by atomic mass is 16.5. The van der Waals surface area contributed by atoms with E-state index in [1.165, 1.54) is 0 Å². The molecule has 29 heavy (non-hydrogen) atoms. The molecule has 1 aromatic carbocycles. The van der Waals surface area contributed by atoms with E-state index in [1.807, 2.05) is 6.07 Å². The Labute approximate surface area is 172 Å². The molecular formula is C21H31N5O3. The first-order chi connectivity index (χ1) is 13.8. The molecule has 0 radical (unpaired) electrons. The van der Waals surface area contributed by atoms with Crippen LogP contribution in [0.5, 0.6) is 5.75 Å². The van der Waals surface area contributed by atoms with Crippen LogP contribution in [-0.4, -0.2) is 68.6 Å². The van der Waals surface area contributed by atoms with Gasteiger partial charge in [0.25, 0.3) is 0 Å². The Kier molecular flexibility index (Phi) is 6.44. The van der Waals surface area contributed by atoms with E-state index in [-0.39, 0.29) is 17.4 Å². The van der Waals surface area contributed by atoms with Gasteiger partial charge in [-0.25, -0.2) is 0 Å². The Bertz CT molecular complexity index is 815. The monoisotopic (exact) mass is 401 g/mol. The number of nitrogen functional groups attached to an aromatic ring is 1. The van der Waals surface area contributed by atoms with Crippen molar-refractivity contribution in [2.45, 2.75) is 31.5 Å². The molecule has 2 fully saturated rings. The standard InChI is InChI=1S/C21H31N5O3/c1-21(6-7-21)29-14-4-5-17(22)16(10-14)20(24)18(23)11-19(25-2)26-8-9-28-15(12-26)13-27-3/h4-5,10-11,15,24H,6-9,12-13,22-23H2,1-3H3. The highest BCUT2D eigenvalue weighted by Gasteiger charge is 2.40. The number of aliphatic imine (C=N–C) groups is 1. The molecule has 0 bridgehead atoms. The first kappa shape index (κ1) is 21.1. The summed E-state index contributed by atoms with van der Waals surface area (Å²) in [7, 11) is 3.37. The van der Waals surface area contributed by atoms with E-state index in [0.717, 1.165) is 12.8 Å². The molecule has 1 unspecified atom stereocenters. The van der Waals surface area contributed by atoms with Crippen LogP contribution in [0.25, 0.3) is 0 Å². The number of methoxy groups -OCH3 is 1. The third-order valence-electron chi connectivity index (χ3n) is 5.23. The van der Waals surface area contributed by atoms with Gasteiger partial charge in [0.2, 0.25) is 0 Å². The van der Waals surface area contributed by atoms with Crippen LogP contribution in [0, 0.1) is 5.41 Å². The summed E-state index contributed by atoms with van der Waals surface area (Å²) >= 11 is 0. The minimum absolute atomic E-state index is 0.0205. The molecule has 8 heteroatoms. The maximum Gasteiger partial charge on any atom is 0.125 e. The zero-order valence-corrected chi connectivity index (χ0v) is 17.4. The van der Waals surface area contributed by atoms with E-state index in [0.29, 0.717) is 54.8 Å². The number of hydrogen-bond acceptors (Lipinski definition) is 7. The summed E-state index contributed by atoms with van der Waals surface area (Å²) in [5.74, 6) is 1.40. The summed E-state index contributed by atoms with van der Waals surface area (Å²) < 4.78 is 16.9. The molecule has 1 saturated heterocycles. The van der Waals surface area contributed by atoms with Crippen molar-refractivity contribution in [2.75, 3.05) is 46.2 Å². The van der Waals surface area contributed by atoms with Crippen molar-refractivity contribution < 1.29 is 14.2 Å². The number of morpholine rings is 1. The predicted molar refractivity (Wildman–Crippen MR) is 115 cm³/mol. The van der Waals surface area contributed by atoms with Gasteiger partial charge in [-0.15, -0.1) is 0 Å². The van der Waals surface area contributed by atoms with Gasteiger partial charge in [0.1, 0.15) is 17.2 Å². The van der Waals surface area contributed by atoms with Crippen molar-refractivity contribution in [3.05, 3.63) is 35.5 Å². The van der Waals surface area contributed by atoms with Gasteiger partial charge in [-0.05, 0) is 38.0 Å². The molecular weight excluding hydrogens is 370 g/mol. The number of ether oxygens (including phenoxy) is 3. The zero-order valence-electron chi connectivity index (χ0n) is 17.4. The molecule has 0 spiro atoms. The number of nitrogens with zero attached hydrogens (tertiary/aromatic N) is 2. The van der Waals surface area contributed by atoms with Crippen molar-refractivity contribution in [3.8, 4) is 5.75 Å². The van der Waals surface area contributed by atoms with Crippen LogP contribution >= 0.6 is 0 Å². The molecule has 1 saturated carbocycles. The molecule has 1 aliphatic carbocycles. The summed E-state index contributed by atoms with van der Waals surface area (Å²) in [4.78, 5) is 6.44. The number of benzene rings is 1. The maximum absolute atomic E-state index is 8.56. The number of anilines is 1. The summed E-state index contributed by atoms with van der Waals surface area (Å²) in [5, 5.41) is 8.56. The van der Waals surface area contributed by atoms with Crippen LogP contribution in [0.1, 0.15) is 25.3 Å². The fraction of sp³-hybridized carbons (Fsp3) is 0.524. The van der Waals surface area contributed by atoms with Crippen molar-refractivity contribution in [1.82, 2.24) is 4.90 Å². The van der Waals surface area contributed by atoms with Crippen LogP contribution in [0.3, 0.4) is 0 Å². The third kappa shape index (κ3) is 5.27. The first-order valence-corrected chi connectivity index (χ1v) is 9.82. The lowest BCUT2D eigenvalue weighted by atomic mass is 10.0. The minimum Gasteiger partial charge on any atom is -0.488 e. The molecule has 158 valence electrons. The Morgan fingerprint density at radius 1 is 1.45 bits per heavy atom. The Morgan fingerprint density at radius 3 is 2.86 bits per heavy atom. The molecule has 3 rings (SSSR count). The SMILES string of the molecule is CN=C(C=C(N)C(=N)c1cc(OC2(C)CC2)ccc1N)N1CCOC(COC)C1. The fourth-order valence-electron chi connectivity index (χ4n) is 3.26. The highest BCUT2D eigenvalue weighted by molar-refractivity contribution is 6.15. The number of nitrogens with one attached hydrogen (secondary N) is 1. The van der Waals surface area contributed by atoms with Crippen molar-refractivity contribution in [1.29, 1.82) is 5.41 Å². The Hall–Kier alpha value is -2.58. The number of amidine groups is 1. The van der Waals surface area contributed by atoms with Crippen LogP contribution in [-0.2, 0) is 9.47 Å². The lowest BCUT2D eigenvalue weighted by molar-refractivity contribution is -0.0437. The molecule has 1 aromatic rings. The van der Waals surface area contributed by atoms with Crippen LogP contribution in [0.15, 0.2) is 35.0 Å². The number of allylic oxidation sites excluding steroid dienone is 1. The van der Waals surface area contributed by atoms with E-state index in [2.05, 4.69) is 16.8 Å². The van der Waals surface area contributed by atoms with Gasteiger partial charge in [-0.2, -0.15) is 0 Å². The normalized spacial score (nSPS) is 21.8. The topological polar surface area (TPSA) is 119 Å². The summed E-state index contributed by atoms with van der Waals surface area (Å²) in [6.45, 7) is 4.54. The molecule has 2 aliphatic rings. The molecule has 0 aromatic heterocycles. The van der Waals surface area contributed by atoms with Gasteiger partial charge in [0.05, 0.1) is 30.7 Å². The summed E-state index contributed by atoms with van der Waals surface area (Å²) in [6, 6.07) is 5.37. The number of nitrogens with two attached hydrogens (primary N) is 2. The van der Waals surface area contributed by atoms with E-state index in [9.17, 15) is 0 Å². The second kappa shape index (κ2) is 8.84. The number of hydrogen-bond donors (Lipinski definition) is 3. The van der Waals surface area contributed by atoms with Crippen molar-refractivity contribution >= 4 is 17.2 Å². The van der Waals surface area contributed by atoms with Gasteiger partial charge in [0.15, 0.2) is 0 Å². The first-order valence-electron chi connectivity index (χ1n) is 9.82. The molecule has 1 aliphatic heterocycles. The quantitative estimate of drug-likeness (QED) is 0.364. The third-order valence-corrected chi connectivity index (χ3v) is 5.23. The van der Waals surface area contributed by atoms with E-state index in [4.69, 9.17) is 31.1 Å². The van der Waals surface area contributed by atoms with E-state index < -0.39 is 0 Å². The molecule has 1 atom stereocenters. The maximum atomic E-state index is 8.56. The van der Waals surface area contributed by atoms with Gasteiger partial charge < -0.3 is 30.6 Å². The summed E-state index contributed by atoms with van der Waals surface area (Å²) in [6.07, 6.45) is 3.76. The smallest absolute Gasteiger partial charge is 0.125 e. The van der Waals surface area contributed by atoms with Gasteiger partial charge in [-0.1, -0.05) is 0 Å². The van der Waals surface area contributed by atoms with Crippen LogP contribution in [0.4, 0.5) is 5.69 Å². The molecule has 1 heterocycles. The number of rotatable bonds is 7. The average Bonchev–Trinajstić information content (AvgIpc) is 3.44. The summed E-state index contributed by atoms with van der Waals surface area (Å²) in [5.41, 5.74) is 13.8. The predicted octanol–water partition coefficient (Wildman–Crippen LogP) is 1.79. The lowest BCUT2D eigenvalue weighted by Gasteiger charge is -2.34. The van der Waals surface area contributed by atoms with Crippen LogP contribution in [0.2, 0.25) is 0 Å². The molecule has 8 nitrogen and oxygen atoms in total. The highest BCUT2D eigenvalue weighted by Crippen LogP contribution is 2.40. The minimum atomic E-state index is -0.103. The Balaban J connectivity index is 1.75. The molecule has 5 N–H and O–H groups in total. The van der Waals surface area contributed by atoms with Gasteiger partial charge in [-0.3, -0.25) is 10.4 Å². The largest absolute Gasteiger partial charge is 0.488 e. The fourth-order valence-corrected chi connectivity index (χ4v) is 3.26. The average molecular weight is 402 g/mol. The second-order valence-corrected chi connectivity index (χ2v) is 7.75. The van der Waals surface area contributed by atoms with Gasteiger partial charge in [0, 0.05) is 44.6 Å². The zero-order chi connectivity index (χ0) is 21.0.